The largest absolute Gasteiger partial charge is 0.416 e. The molecule has 0 fully saturated rings. The molecule has 0 aromatic heterocycles. The van der Waals surface area contributed by atoms with Crippen molar-refractivity contribution in [3.8, 4) is 0 Å². The first-order valence-corrected chi connectivity index (χ1v) is 12.7. The van der Waals surface area contributed by atoms with Crippen LogP contribution in [0.2, 0.25) is 5.02 Å². The molecule has 0 radical (unpaired) electrons. The lowest BCUT2D eigenvalue weighted by atomic mass is 10.1. The minimum Gasteiger partial charge on any atom is -0.308 e. The number of carbonyl (C=O) groups is 1. The van der Waals surface area contributed by atoms with Crippen molar-refractivity contribution in [2.45, 2.75) is 24.4 Å². The number of halogens is 4. The number of aryl methyl sites for hydroxylation is 1. The molecule has 196 valence electrons. The van der Waals surface area contributed by atoms with Crippen molar-refractivity contribution in [2.75, 3.05) is 18.0 Å². The number of alkyl halides is 3. The average molecular weight is 556 g/mol. The highest BCUT2D eigenvalue weighted by molar-refractivity contribution is 7.89. The van der Waals surface area contributed by atoms with Gasteiger partial charge in [0.1, 0.15) is 5.02 Å². The molecule has 0 spiro atoms. The van der Waals surface area contributed by atoms with Crippen LogP contribution in [-0.2, 0) is 16.2 Å². The summed E-state index contributed by atoms with van der Waals surface area (Å²) in [5, 5.41) is 10.8. The number of amides is 1. The number of hydrogen-bond donors (Lipinski definition) is 1. The minimum absolute atomic E-state index is 0.000684. The lowest BCUT2D eigenvalue weighted by Gasteiger charge is -2.25. The molecule has 0 atom stereocenters. The van der Waals surface area contributed by atoms with Crippen LogP contribution < -0.4 is 9.62 Å². The summed E-state index contributed by atoms with van der Waals surface area (Å²) in [4.78, 5) is 24.3. The summed E-state index contributed by atoms with van der Waals surface area (Å²) in [6.07, 6.45) is -4.59. The fraction of sp³-hybridized carbons (Fsp3) is 0.208. The first-order valence-electron chi connectivity index (χ1n) is 10.8. The van der Waals surface area contributed by atoms with E-state index in [1.807, 2.05) is 0 Å². The van der Waals surface area contributed by atoms with Gasteiger partial charge in [0.2, 0.25) is 10.0 Å². The van der Waals surface area contributed by atoms with E-state index in [1.54, 1.807) is 31.2 Å². The number of sulfonamides is 1. The molecule has 0 heterocycles. The molecule has 0 aliphatic rings. The number of nitro benzene ring substituents is 1. The van der Waals surface area contributed by atoms with Crippen molar-refractivity contribution < 1.29 is 31.3 Å². The Bertz CT molecular complexity index is 1430. The van der Waals surface area contributed by atoms with Crippen LogP contribution in [0, 0.1) is 17.0 Å². The molecule has 37 heavy (non-hydrogen) atoms. The number of benzene rings is 3. The van der Waals surface area contributed by atoms with Gasteiger partial charge in [-0.2, -0.15) is 13.2 Å². The zero-order valence-corrected chi connectivity index (χ0v) is 20.9. The van der Waals surface area contributed by atoms with Crippen LogP contribution in [0.4, 0.5) is 24.5 Å². The van der Waals surface area contributed by atoms with E-state index in [9.17, 15) is 36.5 Å². The molecule has 0 saturated heterocycles. The zero-order valence-electron chi connectivity index (χ0n) is 19.3. The zero-order chi connectivity index (χ0) is 27.4. The minimum atomic E-state index is -4.62. The number of anilines is 1. The third-order valence-electron chi connectivity index (χ3n) is 5.38. The third kappa shape index (κ3) is 6.85. The number of carbonyl (C=O) groups excluding carboxylic acids is 1. The molecule has 0 aliphatic heterocycles. The Morgan fingerprint density at radius 2 is 1.78 bits per heavy atom. The van der Waals surface area contributed by atoms with E-state index in [1.165, 1.54) is 12.1 Å². The number of rotatable bonds is 9. The molecule has 0 unspecified atom stereocenters. The van der Waals surface area contributed by atoms with Gasteiger partial charge < -0.3 is 4.90 Å². The SMILES string of the molecule is Cc1ccccc1C(=O)N(CCCNS(=O)(=O)c1ccc(Cl)c([N+](=O)[O-])c1)c1cccc(C(F)(F)F)c1. The normalized spacial score (nSPS) is 11.8. The van der Waals surface area contributed by atoms with Crippen LogP contribution in [0.25, 0.3) is 0 Å². The van der Waals surface area contributed by atoms with E-state index in [-0.39, 0.29) is 40.7 Å². The Hall–Kier alpha value is -3.48. The Balaban J connectivity index is 1.81. The molecule has 3 rings (SSSR count). The van der Waals surface area contributed by atoms with Gasteiger partial charge in [0.25, 0.3) is 11.6 Å². The predicted octanol–water partition coefficient (Wildman–Crippen LogP) is 5.59. The number of hydrogen-bond acceptors (Lipinski definition) is 5. The second-order valence-corrected chi connectivity index (χ2v) is 10.1. The highest BCUT2D eigenvalue weighted by Gasteiger charge is 2.31. The smallest absolute Gasteiger partial charge is 0.308 e. The highest BCUT2D eigenvalue weighted by atomic mass is 35.5. The summed E-state index contributed by atoms with van der Waals surface area (Å²) in [5.41, 5.74) is -0.607. The number of nitrogens with zero attached hydrogens (tertiary/aromatic N) is 2. The molecule has 1 amide bonds. The van der Waals surface area contributed by atoms with E-state index in [0.29, 0.717) is 5.56 Å². The lowest BCUT2D eigenvalue weighted by molar-refractivity contribution is -0.384. The van der Waals surface area contributed by atoms with E-state index >= 15 is 0 Å². The first kappa shape index (κ1) is 28.1. The van der Waals surface area contributed by atoms with Gasteiger partial charge in [0, 0.05) is 30.4 Å². The molecule has 1 N–H and O–H groups in total. The van der Waals surface area contributed by atoms with Gasteiger partial charge in [-0.1, -0.05) is 35.9 Å². The molecule has 0 aliphatic carbocycles. The first-order chi connectivity index (χ1) is 17.3. The molecule has 8 nitrogen and oxygen atoms in total. The van der Waals surface area contributed by atoms with Crippen LogP contribution in [0.15, 0.2) is 71.6 Å². The van der Waals surface area contributed by atoms with Crippen molar-refractivity contribution >= 4 is 38.9 Å². The van der Waals surface area contributed by atoms with Crippen molar-refractivity contribution in [3.63, 3.8) is 0 Å². The van der Waals surface area contributed by atoms with Crippen LogP contribution in [-0.4, -0.2) is 32.3 Å². The Labute approximate surface area is 215 Å². The van der Waals surface area contributed by atoms with Crippen LogP contribution >= 0.6 is 11.6 Å². The van der Waals surface area contributed by atoms with E-state index in [2.05, 4.69) is 4.72 Å². The Morgan fingerprint density at radius 3 is 2.43 bits per heavy atom. The number of nitro groups is 1. The van der Waals surface area contributed by atoms with Crippen molar-refractivity contribution in [2.24, 2.45) is 0 Å². The van der Waals surface area contributed by atoms with E-state index in [0.717, 1.165) is 35.2 Å². The maximum atomic E-state index is 13.3. The fourth-order valence-electron chi connectivity index (χ4n) is 3.48. The predicted molar refractivity (Wildman–Crippen MR) is 132 cm³/mol. The number of nitrogens with one attached hydrogen (secondary N) is 1. The van der Waals surface area contributed by atoms with Gasteiger partial charge in [0.05, 0.1) is 15.4 Å². The molecule has 0 saturated carbocycles. The maximum Gasteiger partial charge on any atom is 0.416 e. The van der Waals surface area contributed by atoms with Crippen LogP contribution in [0.5, 0.6) is 0 Å². The van der Waals surface area contributed by atoms with Crippen molar-refractivity contribution in [1.82, 2.24) is 4.72 Å². The molecule has 13 heteroatoms. The van der Waals surface area contributed by atoms with Crippen LogP contribution in [0.3, 0.4) is 0 Å². The Kier molecular flexibility index (Phi) is 8.57. The van der Waals surface area contributed by atoms with Gasteiger partial charge >= 0.3 is 6.18 Å². The van der Waals surface area contributed by atoms with E-state index < -0.39 is 38.3 Å². The molecule has 3 aromatic rings. The average Bonchev–Trinajstić information content (AvgIpc) is 2.83. The second kappa shape index (κ2) is 11.3. The van der Waals surface area contributed by atoms with E-state index in [4.69, 9.17) is 11.6 Å². The lowest BCUT2D eigenvalue weighted by Crippen LogP contribution is -2.35. The van der Waals surface area contributed by atoms with Crippen molar-refractivity contribution in [3.05, 3.63) is 98.6 Å². The van der Waals surface area contributed by atoms with Gasteiger partial charge in [-0.25, -0.2) is 13.1 Å². The van der Waals surface area contributed by atoms with Crippen LogP contribution in [0.1, 0.15) is 27.9 Å². The maximum absolute atomic E-state index is 13.3. The highest BCUT2D eigenvalue weighted by Crippen LogP contribution is 2.32. The summed E-state index contributed by atoms with van der Waals surface area (Å²) in [5.74, 6) is -0.548. The summed E-state index contributed by atoms with van der Waals surface area (Å²) >= 11 is 5.73. The standard InChI is InChI=1S/C24H21ClF3N3O5S/c1-16-6-2-3-9-20(16)23(32)30(18-8-4-7-17(14-18)24(26,27)28)13-5-12-29-37(35,36)19-10-11-21(25)22(15-19)31(33)34/h2-4,6-11,14-15,29H,5,12-13H2,1H3. The summed E-state index contributed by atoms with van der Waals surface area (Å²) in [6, 6.07) is 13.9. The fourth-order valence-corrected chi connectivity index (χ4v) is 4.76. The quantitative estimate of drug-likeness (QED) is 0.210. The monoisotopic (exact) mass is 555 g/mol. The van der Waals surface area contributed by atoms with Crippen molar-refractivity contribution in [1.29, 1.82) is 0 Å². The molecular formula is C24H21ClF3N3O5S. The van der Waals surface area contributed by atoms with Gasteiger partial charge in [-0.3, -0.25) is 14.9 Å². The van der Waals surface area contributed by atoms with Gasteiger partial charge in [-0.05, 0) is 55.3 Å². The topological polar surface area (TPSA) is 110 Å². The Morgan fingerprint density at radius 1 is 1.08 bits per heavy atom. The summed E-state index contributed by atoms with van der Waals surface area (Å²) < 4.78 is 67.4. The summed E-state index contributed by atoms with van der Waals surface area (Å²) in [6.45, 7) is 1.38. The summed E-state index contributed by atoms with van der Waals surface area (Å²) in [7, 11) is -4.17. The van der Waals surface area contributed by atoms with Gasteiger partial charge in [-0.15, -0.1) is 0 Å². The van der Waals surface area contributed by atoms with Gasteiger partial charge in [0.15, 0.2) is 0 Å². The molecule has 0 bridgehead atoms. The molecule has 3 aromatic carbocycles. The third-order valence-corrected chi connectivity index (χ3v) is 7.16. The molecular weight excluding hydrogens is 535 g/mol. The second-order valence-electron chi connectivity index (χ2n) is 7.94.